The minimum Gasteiger partial charge on any atom is -0.462 e. The Balaban J connectivity index is 3.62. The SMILES string of the molecule is CC[C@H](N)C(=O)OC(C)C. The normalized spacial score (nSPS) is 13.3. The predicted octanol–water partition coefficient (Wildman–Crippen LogP) is 0.675. The molecule has 0 rings (SSSR count). The molecule has 0 amide bonds. The van der Waals surface area contributed by atoms with Gasteiger partial charge in [0, 0.05) is 0 Å². The zero-order valence-corrected chi connectivity index (χ0v) is 6.76. The van der Waals surface area contributed by atoms with Gasteiger partial charge < -0.3 is 10.5 Å². The fourth-order valence-electron chi connectivity index (χ4n) is 0.486. The highest BCUT2D eigenvalue weighted by Crippen LogP contribution is 1.94. The van der Waals surface area contributed by atoms with E-state index in [1.165, 1.54) is 0 Å². The first kappa shape index (κ1) is 9.43. The van der Waals surface area contributed by atoms with E-state index >= 15 is 0 Å². The van der Waals surface area contributed by atoms with Crippen LogP contribution in [-0.2, 0) is 9.53 Å². The maximum Gasteiger partial charge on any atom is 0.323 e. The van der Waals surface area contributed by atoms with Crippen LogP contribution in [-0.4, -0.2) is 18.1 Å². The fourth-order valence-corrected chi connectivity index (χ4v) is 0.486. The van der Waals surface area contributed by atoms with Gasteiger partial charge in [-0.1, -0.05) is 6.92 Å². The molecule has 0 saturated carbocycles. The van der Waals surface area contributed by atoms with Gasteiger partial charge in [0.15, 0.2) is 0 Å². The third-order valence-corrected chi connectivity index (χ3v) is 1.09. The Bertz CT molecular complexity index is 112. The van der Waals surface area contributed by atoms with Crippen LogP contribution in [0, 0.1) is 0 Å². The second-order valence-corrected chi connectivity index (χ2v) is 2.50. The summed E-state index contributed by atoms with van der Waals surface area (Å²) in [6.45, 7) is 5.47. The van der Waals surface area contributed by atoms with Crippen molar-refractivity contribution in [1.82, 2.24) is 0 Å². The van der Waals surface area contributed by atoms with Crippen LogP contribution >= 0.6 is 0 Å². The maximum atomic E-state index is 10.8. The highest BCUT2D eigenvalue weighted by molar-refractivity contribution is 5.75. The number of nitrogens with two attached hydrogens (primary N) is 1. The van der Waals surface area contributed by atoms with Gasteiger partial charge >= 0.3 is 5.97 Å². The fraction of sp³-hybridized carbons (Fsp3) is 0.857. The molecule has 3 heteroatoms. The molecule has 10 heavy (non-hydrogen) atoms. The average molecular weight is 145 g/mol. The lowest BCUT2D eigenvalue weighted by molar-refractivity contribution is -0.149. The molecule has 2 N–H and O–H groups in total. The first-order valence-corrected chi connectivity index (χ1v) is 3.54. The van der Waals surface area contributed by atoms with Gasteiger partial charge in [0.05, 0.1) is 6.10 Å². The Labute approximate surface area is 61.5 Å². The molecule has 60 valence electrons. The molecule has 1 atom stereocenters. The van der Waals surface area contributed by atoms with Gasteiger partial charge in [0.1, 0.15) is 6.04 Å². The largest absolute Gasteiger partial charge is 0.462 e. The van der Waals surface area contributed by atoms with Crippen molar-refractivity contribution in [3.05, 3.63) is 0 Å². The first-order valence-electron chi connectivity index (χ1n) is 3.54. The summed E-state index contributed by atoms with van der Waals surface area (Å²) in [5.41, 5.74) is 5.39. The second-order valence-electron chi connectivity index (χ2n) is 2.50. The molecule has 0 aromatic rings. The van der Waals surface area contributed by atoms with Crippen molar-refractivity contribution in [2.24, 2.45) is 5.73 Å². The highest BCUT2D eigenvalue weighted by atomic mass is 16.5. The van der Waals surface area contributed by atoms with E-state index in [4.69, 9.17) is 10.5 Å². The summed E-state index contributed by atoms with van der Waals surface area (Å²) in [5.74, 6) is -0.308. The summed E-state index contributed by atoms with van der Waals surface area (Å²) in [6, 6.07) is -0.456. The van der Waals surface area contributed by atoms with Gasteiger partial charge in [-0.25, -0.2) is 0 Å². The van der Waals surface area contributed by atoms with Crippen LogP contribution in [0.25, 0.3) is 0 Å². The van der Waals surface area contributed by atoms with Gasteiger partial charge in [0.2, 0.25) is 0 Å². The predicted molar refractivity (Wildman–Crippen MR) is 39.5 cm³/mol. The van der Waals surface area contributed by atoms with Gasteiger partial charge in [-0.05, 0) is 20.3 Å². The van der Waals surface area contributed by atoms with E-state index in [1.54, 1.807) is 13.8 Å². The van der Waals surface area contributed by atoms with Gasteiger partial charge in [-0.15, -0.1) is 0 Å². The Hall–Kier alpha value is -0.570. The minimum absolute atomic E-state index is 0.0647. The molecular formula is C7H15NO2. The number of ether oxygens (including phenoxy) is 1. The molecule has 0 bridgehead atoms. The van der Waals surface area contributed by atoms with Crippen LogP contribution in [0.3, 0.4) is 0 Å². The van der Waals surface area contributed by atoms with Crippen molar-refractivity contribution in [2.45, 2.75) is 39.3 Å². The summed E-state index contributed by atoms with van der Waals surface area (Å²) in [5, 5.41) is 0. The van der Waals surface area contributed by atoms with Crippen molar-refractivity contribution in [2.75, 3.05) is 0 Å². The van der Waals surface area contributed by atoms with Crippen LogP contribution in [0.2, 0.25) is 0 Å². The zero-order chi connectivity index (χ0) is 8.15. The molecule has 0 aliphatic carbocycles. The summed E-state index contributed by atoms with van der Waals surface area (Å²) >= 11 is 0. The molecule has 0 spiro atoms. The van der Waals surface area contributed by atoms with Gasteiger partial charge in [0.25, 0.3) is 0 Å². The summed E-state index contributed by atoms with van der Waals surface area (Å²) in [6.07, 6.45) is 0.566. The summed E-state index contributed by atoms with van der Waals surface area (Å²) in [7, 11) is 0. The van der Waals surface area contributed by atoms with Gasteiger partial charge in [-0.2, -0.15) is 0 Å². The smallest absolute Gasteiger partial charge is 0.323 e. The number of carbonyl (C=O) groups excluding carboxylic acids is 1. The first-order chi connectivity index (χ1) is 4.57. The molecule has 0 aromatic carbocycles. The maximum absolute atomic E-state index is 10.8. The van der Waals surface area contributed by atoms with Crippen LogP contribution in [0.15, 0.2) is 0 Å². The number of hydrogen-bond acceptors (Lipinski definition) is 3. The highest BCUT2D eigenvalue weighted by Gasteiger charge is 2.12. The van der Waals surface area contributed by atoms with Crippen LogP contribution in [0.1, 0.15) is 27.2 Å². The molecule has 0 saturated heterocycles. The Kier molecular flexibility index (Phi) is 4.03. The van der Waals surface area contributed by atoms with E-state index in [-0.39, 0.29) is 12.1 Å². The standard InChI is InChI=1S/C7H15NO2/c1-4-6(8)7(9)10-5(2)3/h5-6H,4,8H2,1-3H3/t6-/m0/s1. The van der Waals surface area contributed by atoms with Gasteiger partial charge in [-0.3, -0.25) is 4.79 Å². The van der Waals surface area contributed by atoms with Crippen molar-refractivity contribution >= 4 is 5.97 Å². The summed E-state index contributed by atoms with van der Waals surface area (Å²) < 4.78 is 4.84. The molecule has 0 aliphatic heterocycles. The topological polar surface area (TPSA) is 52.3 Å². The average Bonchev–Trinajstić information content (AvgIpc) is 1.85. The minimum atomic E-state index is -0.456. The summed E-state index contributed by atoms with van der Waals surface area (Å²) in [4.78, 5) is 10.8. The van der Waals surface area contributed by atoms with Crippen LogP contribution < -0.4 is 5.73 Å². The van der Waals surface area contributed by atoms with E-state index in [1.807, 2.05) is 6.92 Å². The Morgan fingerprint density at radius 2 is 2.10 bits per heavy atom. The van der Waals surface area contributed by atoms with Crippen molar-refractivity contribution < 1.29 is 9.53 Å². The van der Waals surface area contributed by atoms with Crippen molar-refractivity contribution in [3.8, 4) is 0 Å². The van der Waals surface area contributed by atoms with Crippen LogP contribution in [0.4, 0.5) is 0 Å². The molecular weight excluding hydrogens is 130 g/mol. The van der Waals surface area contributed by atoms with Crippen molar-refractivity contribution in [1.29, 1.82) is 0 Å². The molecule has 0 aliphatic rings. The molecule has 0 fully saturated rings. The van der Waals surface area contributed by atoms with E-state index in [0.29, 0.717) is 6.42 Å². The third kappa shape index (κ3) is 3.45. The number of esters is 1. The number of rotatable bonds is 3. The third-order valence-electron chi connectivity index (χ3n) is 1.09. The van der Waals surface area contributed by atoms with Crippen molar-refractivity contribution in [3.63, 3.8) is 0 Å². The van der Waals surface area contributed by atoms with E-state index in [0.717, 1.165) is 0 Å². The lowest BCUT2D eigenvalue weighted by Crippen LogP contribution is -2.32. The zero-order valence-electron chi connectivity index (χ0n) is 6.76. The Morgan fingerprint density at radius 3 is 2.40 bits per heavy atom. The molecule has 0 radical (unpaired) electrons. The van der Waals surface area contributed by atoms with Crippen LogP contribution in [0.5, 0.6) is 0 Å². The lowest BCUT2D eigenvalue weighted by atomic mass is 10.2. The lowest BCUT2D eigenvalue weighted by Gasteiger charge is -2.11. The van der Waals surface area contributed by atoms with E-state index in [9.17, 15) is 4.79 Å². The Morgan fingerprint density at radius 1 is 1.60 bits per heavy atom. The van der Waals surface area contributed by atoms with E-state index < -0.39 is 6.04 Å². The molecule has 0 unspecified atom stereocenters. The number of carbonyl (C=O) groups is 1. The molecule has 0 aromatic heterocycles. The quantitative estimate of drug-likeness (QED) is 0.594. The molecule has 0 heterocycles. The number of hydrogen-bond donors (Lipinski definition) is 1. The monoisotopic (exact) mass is 145 g/mol. The second kappa shape index (κ2) is 4.28. The van der Waals surface area contributed by atoms with E-state index in [2.05, 4.69) is 0 Å². The molecule has 3 nitrogen and oxygen atoms in total.